The average molecular weight is 386 g/mol. The number of hydrogen-bond donors (Lipinski definition) is 0. The van der Waals surface area contributed by atoms with E-state index in [1.807, 2.05) is 49.2 Å². The van der Waals surface area contributed by atoms with Crippen LogP contribution >= 0.6 is 15.9 Å². The largest absolute Gasteiger partial charge is 0.472 e. The molecule has 0 saturated heterocycles. The van der Waals surface area contributed by atoms with Crippen LogP contribution in [0.5, 0.6) is 5.88 Å². The van der Waals surface area contributed by atoms with Gasteiger partial charge in [-0.15, -0.1) is 6.42 Å². The molecule has 0 radical (unpaired) electrons. The number of ether oxygens (including phenoxy) is 1. The highest BCUT2D eigenvalue weighted by molar-refractivity contribution is 9.10. The molecule has 1 heterocycles. The Morgan fingerprint density at radius 3 is 2.92 bits per heavy atom. The first-order valence-electron chi connectivity index (χ1n) is 7.63. The number of hydrogen-bond acceptors (Lipinski definition) is 3. The van der Waals surface area contributed by atoms with Crippen molar-refractivity contribution in [3.05, 3.63) is 51.6 Å². The highest BCUT2D eigenvalue weighted by atomic mass is 79.9. The lowest BCUT2D eigenvalue weighted by atomic mass is 10.1. The van der Waals surface area contributed by atoms with Crippen LogP contribution in [0, 0.1) is 19.3 Å². The van der Waals surface area contributed by atoms with Gasteiger partial charge in [-0.2, -0.15) is 0 Å². The Morgan fingerprint density at radius 2 is 2.21 bits per heavy atom. The highest BCUT2D eigenvalue weighted by Crippen LogP contribution is 2.30. The summed E-state index contributed by atoms with van der Waals surface area (Å²) in [4.78, 5) is 10.9. The van der Waals surface area contributed by atoms with E-state index in [-0.39, 0.29) is 0 Å². The molecule has 0 amide bonds. The maximum Gasteiger partial charge on any atom is 0.228 e. The van der Waals surface area contributed by atoms with Crippen molar-refractivity contribution in [2.45, 2.75) is 20.5 Å². The summed E-state index contributed by atoms with van der Waals surface area (Å²) in [5.41, 5.74) is 3.46. The summed E-state index contributed by atoms with van der Waals surface area (Å²) in [5, 5.41) is 0. The van der Waals surface area contributed by atoms with Gasteiger partial charge in [0.05, 0.1) is 22.2 Å². The molecule has 0 unspecified atom stereocenters. The van der Waals surface area contributed by atoms with Crippen molar-refractivity contribution >= 4 is 28.0 Å². The van der Waals surface area contributed by atoms with Gasteiger partial charge < -0.3 is 9.64 Å². The third-order valence-corrected chi connectivity index (χ3v) is 4.04. The zero-order valence-electron chi connectivity index (χ0n) is 14.1. The molecule has 0 aliphatic carbocycles. The molecular weight excluding hydrogens is 366 g/mol. The van der Waals surface area contributed by atoms with Crippen LogP contribution in [0.4, 0.5) is 5.69 Å². The first-order chi connectivity index (χ1) is 11.5. The quantitative estimate of drug-likeness (QED) is 0.422. The van der Waals surface area contributed by atoms with Crippen molar-refractivity contribution in [3.63, 3.8) is 0 Å². The maximum absolute atomic E-state index is 5.82. The van der Waals surface area contributed by atoms with Crippen LogP contribution in [0.15, 0.2) is 39.8 Å². The number of halogens is 1. The van der Waals surface area contributed by atoms with Crippen LogP contribution in [0.25, 0.3) is 0 Å². The van der Waals surface area contributed by atoms with Crippen LogP contribution in [0.3, 0.4) is 0 Å². The Balaban J connectivity index is 2.13. The topological polar surface area (TPSA) is 37.7 Å². The van der Waals surface area contributed by atoms with Crippen LogP contribution in [-0.4, -0.2) is 29.8 Å². The maximum atomic E-state index is 5.82. The number of terminal acetylenes is 1. The second-order valence-corrected chi connectivity index (χ2v) is 6.19. The summed E-state index contributed by atoms with van der Waals surface area (Å²) in [6.07, 6.45) is 7.21. The molecule has 4 nitrogen and oxygen atoms in total. The lowest BCUT2D eigenvalue weighted by molar-refractivity contribution is 0.291. The third-order valence-electron chi connectivity index (χ3n) is 3.47. The molecule has 0 saturated carbocycles. The standard InChI is InChI=1S/C19H20BrN3O/c1-5-15-8-7-9-16(10-15)12-24-19-17(20)11-18(14(3)22-19)21-13-23(4)6-2/h1,7-11,13H,6,12H2,2-4H3/b21-13+. The number of pyridine rings is 1. The predicted molar refractivity (Wildman–Crippen MR) is 102 cm³/mol. The van der Waals surface area contributed by atoms with Gasteiger partial charge in [0.2, 0.25) is 5.88 Å². The van der Waals surface area contributed by atoms with E-state index in [1.54, 1.807) is 6.34 Å². The molecule has 0 atom stereocenters. The van der Waals surface area contributed by atoms with Crippen molar-refractivity contribution in [2.75, 3.05) is 13.6 Å². The Labute approximate surface area is 151 Å². The SMILES string of the molecule is C#Cc1cccc(COc2nc(C)c(/N=C/N(C)CC)cc2Br)c1. The average Bonchev–Trinajstić information content (AvgIpc) is 2.60. The molecule has 0 N–H and O–H groups in total. The summed E-state index contributed by atoms with van der Waals surface area (Å²) in [6.45, 7) is 5.28. The molecule has 2 aromatic rings. The molecular formula is C19H20BrN3O. The number of aromatic nitrogens is 1. The van der Waals surface area contributed by atoms with Gasteiger partial charge in [-0.05, 0) is 53.5 Å². The van der Waals surface area contributed by atoms with Crippen LogP contribution in [0.1, 0.15) is 23.7 Å². The summed E-state index contributed by atoms with van der Waals surface area (Å²) < 4.78 is 6.59. The van der Waals surface area contributed by atoms with Crippen molar-refractivity contribution in [1.29, 1.82) is 0 Å². The van der Waals surface area contributed by atoms with E-state index in [2.05, 4.69) is 38.8 Å². The van der Waals surface area contributed by atoms with Gasteiger partial charge in [-0.25, -0.2) is 9.98 Å². The minimum atomic E-state index is 0.405. The number of aliphatic imine (C=N–C) groups is 1. The monoisotopic (exact) mass is 385 g/mol. The zero-order valence-corrected chi connectivity index (χ0v) is 15.7. The van der Waals surface area contributed by atoms with E-state index in [0.717, 1.165) is 33.5 Å². The number of benzene rings is 1. The summed E-state index contributed by atoms with van der Waals surface area (Å²) in [5.74, 6) is 3.16. The van der Waals surface area contributed by atoms with E-state index in [4.69, 9.17) is 11.2 Å². The summed E-state index contributed by atoms with van der Waals surface area (Å²) >= 11 is 3.50. The molecule has 1 aromatic carbocycles. The first kappa shape index (κ1) is 18.0. The zero-order chi connectivity index (χ0) is 17.5. The summed E-state index contributed by atoms with van der Waals surface area (Å²) in [6, 6.07) is 9.63. The van der Waals surface area contributed by atoms with Gasteiger partial charge in [-0.3, -0.25) is 0 Å². The van der Waals surface area contributed by atoms with Gasteiger partial charge in [0, 0.05) is 19.2 Å². The third kappa shape index (κ3) is 4.84. The van der Waals surface area contributed by atoms with E-state index >= 15 is 0 Å². The van der Waals surface area contributed by atoms with E-state index in [9.17, 15) is 0 Å². The fourth-order valence-electron chi connectivity index (χ4n) is 1.93. The summed E-state index contributed by atoms with van der Waals surface area (Å²) in [7, 11) is 1.98. The van der Waals surface area contributed by atoms with Gasteiger partial charge in [0.15, 0.2) is 0 Å². The minimum absolute atomic E-state index is 0.405. The lowest BCUT2D eigenvalue weighted by Crippen LogP contribution is -2.14. The smallest absolute Gasteiger partial charge is 0.228 e. The fourth-order valence-corrected chi connectivity index (χ4v) is 2.35. The molecule has 0 spiro atoms. The van der Waals surface area contributed by atoms with Gasteiger partial charge in [-0.1, -0.05) is 18.1 Å². The molecule has 5 heteroatoms. The van der Waals surface area contributed by atoms with Crippen LogP contribution in [0.2, 0.25) is 0 Å². The number of aryl methyl sites for hydroxylation is 1. The van der Waals surface area contributed by atoms with Crippen LogP contribution in [-0.2, 0) is 6.61 Å². The number of rotatable bonds is 6. The normalized spacial score (nSPS) is 10.6. The molecule has 24 heavy (non-hydrogen) atoms. The van der Waals surface area contributed by atoms with Crippen molar-refractivity contribution in [2.24, 2.45) is 4.99 Å². The second-order valence-electron chi connectivity index (χ2n) is 5.33. The first-order valence-corrected chi connectivity index (χ1v) is 8.42. The van der Waals surface area contributed by atoms with E-state index in [1.165, 1.54) is 0 Å². The van der Waals surface area contributed by atoms with Gasteiger partial charge in [0.1, 0.15) is 6.61 Å². The second kappa shape index (κ2) is 8.51. The van der Waals surface area contributed by atoms with Crippen molar-refractivity contribution in [1.82, 2.24) is 9.88 Å². The lowest BCUT2D eigenvalue weighted by Gasteiger charge is -2.11. The Bertz CT molecular complexity index is 781. The molecule has 124 valence electrons. The fraction of sp³-hybridized carbons (Fsp3) is 0.263. The molecule has 0 bridgehead atoms. The van der Waals surface area contributed by atoms with E-state index in [0.29, 0.717) is 12.5 Å². The minimum Gasteiger partial charge on any atom is -0.472 e. The van der Waals surface area contributed by atoms with Gasteiger partial charge in [0.25, 0.3) is 0 Å². The highest BCUT2D eigenvalue weighted by Gasteiger charge is 2.08. The van der Waals surface area contributed by atoms with E-state index < -0.39 is 0 Å². The molecule has 0 aliphatic heterocycles. The molecule has 0 fully saturated rings. The van der Waals surface area contributed by atoms with Crippen molar-refractivity contribution < 1.29 is 4.74 Å². The van der Waals surface area contributed by atoms with Crippen LogP contribution < -0.4 is 4.74 Å². The molecule has 0 aliphatic rings. The Kier molecular flexibility index (Phi) is 6.39. The number of nitrogens with zero attached hydrogens (tertiary/aromatic N) is 3. The Morgan fingerprint density at radius 1 is 1.42 bits per heavy atom. The van der Waals surface area contributed by atoms with Crippen molar-refractivity contribution in [3.8, 4) is 18.2 Å². The van der Waals surface area contributed by atoms with Gasteiger partial charge >= 0.3 is 0 Å². The molecule has 2 rings (SSSR count). The predicted octanol–water partition coefficient (Wildman–Crippen LogP) is 4.32. The molecule has 1 aromatic heterocycles. The Hall–Kier alpha value is -2.32.